The second-order valence-corrected chi connectivity index (χ2v) is 6.55. The molecule has 0 fully saturated rings. The van der Waals surface area contributed by atoms with Gasteiger partial charge in [0.2, 0.25) is 0 Å². The van der Waals surface area contributed by atoms with Crippen LogP contribution in [0.2, 0.25) is 6.32 Å². The molecule has 0 aliphatic carbocycles. The van der Waals surface area contributed by atoms with Crippen molar-refractivity contribution in [2.45, 2.75) is 64.9 Å². The van der Waals surface area contributed by atoms with Crippen LogP contribution in [-0.2, 0) is 11.3 Å². The highest BCUT2D eigenvalue weighted by molar-refractivity contribution is 6.08. The van der Waals surface area contributed by atoms with E-state index in [1.807, 2.05) is 45.0 Å². The van der Waals surface area contributed by atoms with E-state index in [-0.39, 0.29) is 0 Å². The molecule has 1 rings (SSSR count). The van der Waals surface area contributed by atoms with E-state index < -0.39 is 11.7 Å². The first kappa shape index (κ1) is 19.4. The normalized spacial score (nSPS) is 11.1. The lowest BCUT2D eigenvalue weighted by atomic mass is 9.99. The molecule has 0 aliphatic rings. The molecule has 0 aliphatic heterocycles. The molecule has 2 radical (unpaired) electrons. The Balaban J connectivity index is 2.31. The largest absolute Gasteiger partial charge is 0.494 e. The topological polar surface area (TPSA) is 47.6 Å². The van der Waals surface area contributed by atoms with Gasteiger partial charge in [0, 0.05) is 6.54 Å². The average molecular weight is 317 g/mol. The summed E-state index contributed by atoms with van der Waals surface area (Å²) < 4.78 is 11.0. The Hall–Kier alpha value is -1.65. The van der Waals surface area contributed by atoms with Crippen molar-refractivity contribution in [2.24, 2.45) is 0 Å². The van der Waals surface area contributed by atoms with Gasteiger partial charge in [-0.1, -0.05) is 37.7 Å². The van der Waals surface area contributed by atoms with Gasteiger partial charge in [-0.2, -0.15) is 0 Å². The Bertz CT molecular complexity index is 472. The van der Waals surface area contributed by atoms with Crippen LogP contribution >= 0.6 is 0 Å². The highest BCUT2D eigenvalue weighted by Crippen LogP contribution is 2.14. The number of hydrogen-bond acceptors (Lipinski definition) is 3. The molecule has 4 nitrogen and oxygen atoms in total. The minimum Gasteiger partial charge on any atom is -0.494 e. The maximum atomic E-state index is 11.6. The van der Waals surface area contributed by atoms with Crippen molar-refractivity contribution in [3.63, 3.8) is 0 Å². The summed E-state index contributed by atoms with van der Waals surface area (Å²) in [4.78, 5) is 11.6. The zero-order valence-electron chi connectivity index (χ0n) is 14.6. The van der Waals surface area contributed by atoms with E-state index in [2.05, 4.69) is 5.32 Å². The summed E-state index contributed by atoms with van der Waals surface area (Å²) >= 11 is 0. The number of carbonyl (C=O) groups is 1. The van der Waals surface area contributed by atoms with Crippen LogP contribution in [0.5, 0.6) is 5.75 Å². The van der Waals surface area contributed by atoms with Gasteiger partial charge in [0.25, 0.3) is 0 Å². The van der Waals surface area contributed by atoms with Crippen molar-refractivity contribution in [1.29, 1.82) is 0 Å². The molecule has 0 saturated carbocycles. The van der Waals surface area contributed by atoms with Crippen LogP contribution in [0.25, 0.3) is 0 Å². The number of ether oxygens (including phenoxy) is 2. The number of hydrogen-bond donors (Lipinski definition) is 1. The maximum absolute atomic E-state index is 11.6. The van der Waals surface area contributed by atoms with Crippen LogP contribution in [0.4, 0.5) is 4.79 Å². The van der Waals surface area contributed by atoms with Crippen molar-refractivity contribution in [3.05, 3.63) is 29.8 Å². The molecule has 23 heavy (non-hydrogen) atoms. The van der Waals surface area contributed by atoms with Gasteiger partial charge >= 0.3 is 6.09 Å². The summed E-state index contributed by atoms with van der Waals surface area (Å²) in [5.74, 6) is 0.826. The molecule has 1 aromatic carbocycles. The highest BCUT2D eigenvalue weighted by atomic mass is 16.6. The average Bonchev–Trinajstić information content (AvgIpc) is 2.47. The SMILES string of the molecule is [B]CCCCCCOc1cccc(CNC(=O)OC(C)(C)C)c1. The van der Waals surface area contributed by atoms with Crippen LogP contribution in [0, 0.1) is 0 Å². The number of unbranched alkanes of at least 4 members (excludes halogenated alkanes) is 3. The fraction of sp³-hybridized carbons (Fsp3) is 0.611. The van der Waals surface area contributed by atoms with Crippen molar-refractivity contribution >= 4 is 13.9 Å². The zero-order chi connectivity index (χ0) is 17.1. The van der Waals surface area contributed by atoms with Crippen LogP contribution in [-0.4, -0.2) is 26.1 Å². The third-order valence-electron chi connectivity index (χ3n) is 3.10. The van der Waals surface area contributed by atoms with Crippen molar-refractivity contribution in [3.8, 4) is 5.75 Å². The van der Waals surface area contributed by atoms with Crippen LogP contribution in [0.15, 0.2) is 24.3 Å². The monoisotopic (exact) mass is 317 g/mol. The number of benzene rings is 1. The van der Waals surface area contributed by atoms with Crippen molar-refractivity contribution in [1.82, 2.24) is 5.32 Å². The maximum Gasteiger partial charge on any atom is 0.407 e. The van der Waals surface area contributed by atoms with Gasteiger partial charge in [-0.05, 0) is 44.9 Å². The molecule has 1 N–H and O–H groups in total. The van der Waals surface area contributed by atoms with Gasteiger partial charge in [-0.15, -0.1) is 0 Å². The first-order chi connectivity index (χ1) is 10.9. The Morgan fingerprint density at radius 2 is 1.91 bits per heavy atom. The minimum absolute atomic E-state index is 0.413. The van der Waals surface area contributed by atoms with Gasteiger partial charge in [-0.3, -0.25) is 0 Å². The predicted molar refractivity (Wildman–Crippen MR) is 94.0 cm³/mol. The molecule has 1 amide bonds. The fourth-order valence-corrected chi connectivity index (χ4v) is 2.02. The minimum atomic E-state index is -0.487. The van der Waals surface area contributed by atoms with Gasteiger partial charge in [-0.25, -0.2) is 4.79 Å². The van der Waals surface area contributed by atoms with E-state index in [1.54, 1.807) is 0 Å². The summed E-state index contributed by atoms with van der Waals surface area (Å²) in [7, 11) is 5.46. The molecule has 0 atom stereocenters. The van der Waals surface area contributed by atoms with E-state index in [4.69, 9.17) is 17.3 Å². The van der Waals surface area contributed by atoms with Gasteiger partial charge in [0.15, 0.2) is 0 Å². The van der Waals surface area contributed by atoms with Crippen molar-refractivity contribution in [2.75, 3.05) is 6.61 Å². The van der Waals surface area contributed by atoms with E-state index in [9.17, 15) is 4.79 Å². The lowest BCUT2D eigenvalue weighted by Gasteiger charge is -2.19. The van der Waals surface area contributed by atoms with Gasteiger partial charge in [0.05, 0.1) is 14.5 Å². The zero-order valence-corrected chi connectivity index (χ0v) is 14.6. The molecule has 0 aromatic heterocycles. The second kappa shape index (κ2) is 10.2. The second-order valence-electron chi connectivity index (χ2n) is 6.55. The first-order valence-corrected chi connectivity index (χ1v) is 8.29. The fourth-order valence-electron chi connectivity index (χ4n) is 2.02. The number of amides is 1. The molecule has 126 valence electrons. The molecule has 0 spiro atoms. The third-order valence-corrected chi connectivity index (χ3v) is 3.10. The molecule has 0 saturated heterocycles. The highest BCUT2D eigenvalue weighted by Gasteiger charge is 2.15. The van der Waals surface area contributed by atoms with E-state index in [0.717, 1.165) is 43.3 Å². The Morgan fingerprint density at radius 1 is 1.17 bits per heavy atom. The molecular formula is C18H28BNO3. The molecule has 5 heteroatoms. The molecule has 0 heterocycles. The van der Waals surface area contributed by atoms with Gasteiger partial charge in [0.1, 0.15) is 11.4 Å². The molecular weight excluding hydrogens is 289 g/mol. The lowest BCUT2D eigenvalue weighted by Crippen LogP contribution is -2.32. The van der Waals surface area contributed by atoms with E-state index in [1.165, 1.54) is 0 Å². The van der Waals surface area contributed by atoms with Gasteiger partial charge < -0.3 is 14.8 Å². The molecule has 1 aromatic rings. The Kier molecular flexibility index (Phi) is 8.60. The van der Waals surface area contributed by atoms with E-state index >= 15 is 0 Å². The Morgan fingerprint density at radius 3 is 2.61 bits per heavy atom. The Labute approximate surface area is 141 Å². The summed E-state index contributed by atoms with van der Waals surface area (Å²) in [6.07, 6.45) is 4.74. The number of nitrogens with one attached hydrogen (secondary N) is 1. The number of alkyl carbamates (subject to hydrolysis) is 1. The third kappa shape index (κ3) is 9.87. The van der Waals surface area contributed by atoms with Crippen LogP contribution < -0.4 is 10.1 Å². The summed E-state index contributed by atoms with van der Waals surface area (Å²) in [5, 5.41) is 2.74. The first-order valence-electron chi connectivity index (χ1n) is 8.29. The predicted octanol–water partition coefficient (Wildman–Crippen LogP) is 4.24. The number of rotatable bonds is 9. The molecule has 0 bridgehead atoms. The van der Waals surface area contributed by atoms with Crippen molar-refractivity contribution < 1.29 is 14.3 Å². The van der Waals surface area contributed by atoms with E-state index in [0.29, 0.717) is 13.2 Å². The number of carbonyl (C=O) groups excluding carboxylic acids is 1. The van der Waals surface area contributed by atoms with Crippen LogP contribution in [0.3, 0.4) is 0 Å². The summed E-state index contributed by atoms with van der Waals surface area (Å²) in [6.45, 7) is 6.65. The lowest BCUT2D eigenvalue weighted by molar-refractivity contribution is 0.0523. The smallest absolute Gasteiger partial charge is 0.407 e. The standard InChI is InChI=1S/C18H28BNO3/c1-18(2,3)23-17(21)20-14-15-9-8-10-16(13-15)22-12-7-5-4-6-11-19/h8-10,13H,4-7,11-12,14H2,1-3H3,(H,20,21). The quantitative estimate of drug-likeness (QED) is 0.547. The summed E-state index contributed by atoms with van der Waals surface area (Å²) in [5.41, 5.74) is 0.496. The summed E-state index contributed by atoms with van der Waals surface area (Å²) in [6, 6.07) is 7.75. The van der Waals surface area contributed by atoms with Crippen LogP contribution in [0.1, 0.15) is 52.0 Å². The molecule has 0 unspecified atom stereocenters.